The molecule has 0 aliphatic carbocycles. The summed E-state index contributed by atoms with van der Waals surface area (Å²) in [6.07, 6.45) is 1.24. The van der Waals surface area contributed by atoms with E-state index in [4.69, 9.17) is 10.5 Å². The van der Waals surface area contributed by atoms with Crippen LogP contribution in [0.2, 0.25) is 0 Å². The molecule has 0 bridgehead atoms. The Hall–Kier alpha value is -0.830. The first kappa shape index (κ1) is 13.7. The molecule has 0 aromatic rings. The van der Waals surface area contributed by atoms with E-state index < -0.39 is 12.0 Å². The Morgan fingerprint density at radius 3 is 2.25 bits per heavy atom. The average molecular weight is 175 g/mol. The van der Waals surface area contributed by atoms with Gasteiger partial charge in [-0.05, 0) is 13.8 Å². The maximum atomic E-state index is 10.8. The Balaban J connectivity index is -0.000000309. The van der Waals surface area contributed by atoms with Crippen LogP contribution in [0.4, 0.5) is 0 Å². The minimum absolute atomic E-state index is 0. The minimum Gasteiger partial charge on any atom is -0.462 e. The predicted octanol–water partition coefficient (Wildman–Crippen LogP) is 1.72. The van der Waals surface area contributed by atoms with E-state index in [0.29, 0.717) is 0 Å². The van der Waals surface area contributed by atoms with E-state index in [1.807, 2.05) is 13.8 Å². The number of hydrogen-bond acceptors (Lipinski definition) is 3. The van der Waals surface area contributed by atoms with Gasteiger partial charge in [-0.2, -0.15) is 0 Å². The molecule has 0 saturated carbocycles. The first-order valence-electron chi connectivity index (χ1n) is 4.16. The molecule has 0 amide bonds. The van der Waals surface area contributed by atoms with Crippen LogP contribution < -0.4 is 5.73 Å². The molecule has 74 valence electrons. The number of esters is 1. The van der Waals surface area contributed by atoms with Crippen LogP contribution in [0.3, 0.4) is 0 Å². The SMILES string of the molecule is C=C[C@H](N)C(=O)OC(C)C.CC.[HH]. The van der Waals surface area contributed by atoms with Crippen molar-refractivity contribution in [2.75, 3.05) is 0 Å². The predicted molar refractivity (Wildman–Crippen MR) is 52.9 cm³/mol. The zero-order valence-corrected chi connectivity index (χ0v) is 8.33. The number of nitrogens with two attached hydrogens (primary N) is 1. The van der Waals surface area contributed by atoms with Crippen molar-refractivity contribution in [3.8, 4) is 0 Å². The van der Waals surface area contributed by atoms with Gasteiger partial charge in [0, 0.05) is 1.43 Å². The van der Waals surface area contributed by atoms with Crippen molar-refractivity contribution in [3.63, 3.8) is 0 Å². The summed E-state index contributed by atoms with van der Waals surface area (Å²) >= 11 is 0. The lowest BCUT2D eigenvalue weighted by atomic mass is 10.3. The maximum Gasteiger partial charge on any atom is 0.327 e. The van der Waals surface area contributed by atoms with Gasteiger partial charge in [0.15, 0.2) is 0 Å². The molecule has 0 aromatic heterocycles. The Bertz CT molecular complexity index is 138. The van der Waals surface area contributed by atoms with Crippen molar-refractivity contribution >= 4 is 5.97 Å². The van der Waals surface area contributed by atoms with Crippen molar-refractivity contribution in [1.82, 2.24) is 0 Å². The molecular weight excluding hydrogens is 154 g/mol. The van der Waals surface area contributed by atoms with Gasteiger partial charge in [0.1, 0.15) is 6.04 Å². The van der Waals surface area contributed by atoms with Gasteiger partial charge >= 0.3 is 5.97 Å². The van der Waals surface area contributed by atoms with E-state index in [1.165, 1.54) is 6.08 Å². The quantitative estimate of drug-likeness (QED) is 0.525. The summed E-state index contributed by atoms with van der Waals surface area (Å²) in [5.41, 5.74) is 5.27. The van der Waals surface area contributed by atoms with Gasteiger partial charge in [-0.25, -0.2) is 0 Å². The molecule has 3 nitrogen and oxygen atoms in total. The van der Waals surface area contributed by atoms with Crippen LogP contribution >= 0.6 is 0 Å². The highest BCUT2D eigenvalue weighted by atomic mass is 16.5. The molecule has 0 radical (unpaired) electrons. The van der Waals surface area contributed by atoms with Gasteiger partial charge in [-0.1, -0.05) is 19.9 Å². The Morgan fingerprint density at radius 1 is 1.58 bits per heavy atom. The number of ether oxygens (including phenoxy) is 1. The molecule has 1 atom stereocenters. The van der Waals surface area contributed by atoms with Crippen LogP contribution in [0.1, 0.15) is 29.1 Å². The number of rotatable bonds is 3. The Labute approximate surface area is 76.1 Å². The second-order valence-corrected chi connectivity index (χ2v) is 2.25. The monoisotopic (exact) mass is 175 g/mol. The van der Waals surface area contributed by atoms with Gasteiger partial charge < -0.3 is 10.5 Å². The number of carbonyl (C=O) groups excluding carboxylic acids is 1. The Kier molecular flexibility index (Phi) is 9.47. The molecule has 0 aliphatic rings. The van der Waals surface area contributed by atoms with Gasteiger partial charge in [0.25, 0.3) is 0 Å². The van der Waals surface area contributed by atoms with Crippen molar-refractivity contribution in [3.05, 3.63) is 12.7 Å². The lowest BCUT2D eigenvalue weighted by molar-refractivity contribution is -0.147. The van der Waals surface area contributed by atoms with Crippen LogP contribution in [0.5, 0.6) is 0 Å². The van der Waals surface area contributed by atoms with Crippen LogP contribution in [0, 0.1) is 0 Å². The van der Waals surface area contributed by atoms with Gasteiger partial charge in [-0.3, -0.25) is 4.79 Å². The standard InChI is InChI=1S/C7H13NO2.C2H6.H2/c1-4-6(8)7(9)10-5(2)3;1-2;/h4-6H,1,8H2,2-3H3;1-2H3;1H/t6-;;/m0../s1. The van der Waals surface area contributed by atoms with Crippen molar-refractivity contribution in [1.29, 1.82) is 0 Å². The van der Waals surface area contributed by atoms with Crippen molar-refractivity contribution < 1.29 is 11.0 Å². The van der Waals surface area contributed by atoms with E-state index in [2.05, 4.69) is 6.58 Å². The highest BCUT2D eigenvalue weighted by Gasteiger charge is 2.11. The second kappa shape index (κ2) is 8.27. The molecule has 12 heavy (non-hydrogen) atoms. The molecule has 3 heteroatoms. The third-order valence-electron chi connectivity index (χ3n) is 0.878. The fourth-order valence-electron chi connectivity index (χ4n) is 0.407. The lowest BCUT2D eigenvalue weighted by Crippen LogP contribution is -2.31. The largest absolute Gasteiger partial charge is 0.462 e. The molecule has 0 unspecified atom stereocenters. The molecule has 0 spiro atoms. The molecule has 0 saturated heterocycles. The van der Waals surface area contributed by atoms with E-state index in [9.17, 15) is 4.79 Å². The zero-order chi connectivity index (χ0) is 10.1. The normalized spacial score (nSPS) is 11.2. The average Bonchev–Trinajstić information content (AvgIpc) is 2.05. The third-order valence-corrected chi connectivity index (χ3v) is 0.878. The lowest BCUT2D eigenvalue weighted by Gasteiger charge is -2.09. The van der Waals surface area contributed by atoms with E-state index in [1.54, 1.807) is 13.8 Å². The summed E-state index contributed by atoms with van der Waals surface area (Å²) in [5.74, 6) is -0.426. The third kappa shape index (κ3) is 7.28. The topological polar surface area (TPSA) is 52.3 Å². The smallest absolute Gasteiger partial charge is 0.327 e. The van der Waals surface area contributed by atoms with E-state index >= 15 is 0 Å². The molecule has 0 heterocycles. The van der Waals surface area contributed by atoms with Crippen LogP contribution in [0.15, 0.2) is 12.7 Å². The fraction of sp³-hybridized carbons (Fsp3) is 0.667. The summed E-state index contributed by atoms with van der Waals surface area (Å²) in [5, 5.41) is 0. The van der Waals surface area contributed by atoms with Crippen LogP contribution in [-0.2, 0) is 9.53 Å². The first-order chi connectivity index (χ1) is 5.57. The second-order valence-electron chi connectivity index (χ2n) is 2.25. The molecule has 0 aromatic carbocycles. The summed E-state index contributed by atoms with van der Waals surface area (Å²) < 4.78 is 4.77. The van der Waals surface area contributed by atoms with E-state index in [-0.39, 0.29) is 7.53 Å². The highest BCUT2D eigenvalue weighted by molar-refractivity contribution is 5.77. The zero-order valence-electron chi connectivity index (χ0n) is 8.33. The summed E-state index contributed by atoms with van der Waals surface area (Å²) in [6.45, 7) is 10.9. The molecular formula is C9H21NO2. The van der Waals surface area contributed by atoms with Crippen LogP contribution in [-0.4, -0.2) is 18.1 Å². The highest BCUT2D eigenvalue weighted by Crippen LogP contribution is 1.92. The number of hydrogen-bond donors (Lipinski definition) is 1. The van der Waals surface area contributed by atoms with Crippen LogP contribution in [0.25, 0.3) is 0 Å². The molecule has 0 rings (SSSR count). The molecule has 0 fully saturated rings. The summed E-state index contributed by atoms with van der Waals surface area (Å²) in [4.78, 5) is 10.8. The van der Waals surface area contributed by atoms with Crippen molar-refractivity contribution in [2.24, 2.45) is 5.73 Å². The molecule has 2 N–H and O–H groups in total. The van der Waals surface area contributed by atoms with Gasteiger partial charge in [-0.15, -0.1) is 6.58 Å². The minimum atomic E-state index is -0.692. The van der Waals surface area contributed by atoms with E-state index in [0.717, 1.165) is 0 Å². The Morgan fingerprint density at radius 2 is 2.00 bits per heavy atom. The molecule has 0 aliphatic heterocycles. The van der Waals surface area contributed by atoms with Gasteiger partial charge in [0.05, 0.1) is 6.10 Å². The summed E-state index contributed by atoms with van der Waals surface area (Å²) in [6, 6.07) is -0.692. The fourth-order valence-corrected chi connectivity index (χ4v) is 0.407. The van der Waals surface area contributed by atoms with Crippen molar-refractivity contribution in [2.45, 2.75) is 39.8 Å². The summed E-state index contributed by atoms with van der Waals surface area (Å²) in [7, 11) is 0. The maximum absolute atomic E-state index is 10.8. The van der Waals surface area contributed by atoms with Gasteiger partial charge in [0.2, 0.25) is 0 Å². The number of carbonyl (C=O) groups is 1. The first-order valence-corrected chi connectivity index (χ1v) is 4.16.